The van der Waals surface area contributed by atoms with Crippen LogP contribution in [-0.4, -0.2) is 67.1 Å². The zero-order valence-electron chi connectivity index (χ0n) is 19.7. The molecule has 1 aromatic carbocycles. The summed E-state index contributed by atoms with van der Waals surface area (Å²) in [6, 6.07) is 6.23. The average Bonchev–Trinajstić information content (AvgIpc) is 2.75. The van der Waals surface area contributed by atoms with Crippen LogP contribution in [0.5, 0.6) is 0 Å². The maximum absolute atomic E-state index is 6.11. The highest BCUT2D eigenvalue weighted by Crippen LogP contribution is 2.36. The van der Waals surface area contributed by atoms with Crippen LogP contribution in [0.2, 0.25) is 0 Å². The first-order chi connectivity index (χ1) is 14.9. The van der Waals surface area contributed by atoms with Crippen molar-refractivity contribution in [2.45, 2.75) is 40.5 Å². The monoisotopic (exact) mass is 420 g/mol. The van der Waals surface area contributed by atoms with E-state index in [-0.39, 0.29) is 0 Å². The van der Waals surface area contributed by atoms with Crippen LogP contribution < -0.4 is 5.73 Å². The van der Waals surface area contributed by atoms with Crippen LogP contribution in [0.4, 0.5) is 11.5 Å². The third-order valence-electron chi connectivity index (χ3n) is 6.09. The predicted octanol–water partition coefficient (Wildman–Crippen LogP) is 4.25. The normalized spacial score (nSPS) is 15.4. The number of hydrogen-bond donors (Lipinski definition) is 1. The molecule has 0 atom stereocenters. The lowest BCUT2D eigenvalue weighted by molar-refractivity contribution is 0.215. The SMILES string of the molecule is C=Nc1c(/C(=N\CCC)N2CCN(C)CC2)ccc(-c2nc(N)cc(C)c2CC)c1C. The van der Waals surface area contributed by atoms with Gasteiger partial charge in [0.05, 0.1) is 11.4 Å². The molecule has 0 bridgehead atoms. The number of aliphatic imine (C=N–C) groups is 2. The minimum atomic E-state index is 0.545. The van der Waals surface area contributed by atoms with Gasteiger partial charge in [0.2, 0.25) is 0 Å². The number of nitrogens with zero attached hydrogens (tertiary/aromatic N) is 5. The number of nitrogen functional groups attached to an aromatic ring is 1. The molecule has 0 radical (unpaired) electrons. The van der Waals surface area contributed by atoms with Crippen LogP contribution in [0.3, 0.4) is 0 Å². The lowest BCUT2D eigenvalue weighted by Gasteiger charge is -2.35. The van der Waals surface area contributed by atoms with Gasteiger partial charge in [-0.25, -0.2) is 4.98 Å². The third kappa shape index (κ3) is 4.79. The van der Waals surface area contributed by atoms with Crippen molar-refractivity contribution in [3.63, 3.8) is 0 Å². The fourth-order valence-corrected chi connectivity index (χ4v) is 4.33. The van der Waals surface area contributed by atoms with Crippen molar-refractivity contribution < 1.29 is 0 Å². The Morgan fingerprint density at radius 1 is 1.16 bits per heavy atom. The van der Waals surface area contributed by atoms with E-state index in [0.717, 1.165) is 79.5 Å². The van der Waals surface area contributed by atoms with Gasteiger partial charge >= 0.3 is 0 Å². The number of anilines is 1. The smallest absolute Gasteiger partial charge is 0.133 e. The molecule has 0 unspecified atom stereocenters. The van der Waals surface area contributed by atoms with Crippen LogP contribution in [0.15, 0.2) is 28.2 Å². The molecule has 166 valence electrons. The molecule has 6 nitrogen and oxygen atoms in total. The van der Waals surface area contributed by atoms with Crippen LogP contribution >= 0.6 is 0 Å². The number of nitrogens with two attached hydrogens (primary N) is 1. The van der Waals surface area contributed by atoms with Crippen molar-refractivity contribution in [2.75, 3.05) is 45.5 Å². The van der Waals surface area contributed by atoms with E-state index in [1.54, 1.807) is 0 Å². The Labute approximate surface area is 186 Å². The van der Waals surface area contributed by atoms with Gasteiger partial charge in [-0.1, -0.05) is 19.9 Å². The lowest BCUT2D eigenvalue weighted by atomic mass is 9.93. The van der Waals surface area contributed by atoms with Crippen LogP contribution in [0.1, 0.15) is 42.5 Å². The predicted molar refractivity (Wildman–Crippen MR) is 133 cm³/mol. The molecule has 31 heavy (non-hydrogen) atoms. The summed E-state index contributed by atoms with van der Waals surface area (Å²) in [6.07, 6.45) is 1.91. The number of piperazine rings is 1. The second-order valence-electron chi connectivity index (χ2n) is 8.33. The Morgan fingerprint density at radius 2 is 1.87 bits per heavy atom. The Kier molecular flexibility index (Phi) is 7.44. The molecular formula is C25H36N6. The first-order valence-corrected chi connectivity index (χ1v) is 11.3. The Balaban J connectivity index is 2.13. The summed E-state index contributed by atoms with van der Waals surface area (Å²) < 4.78 is 0. The second kappa shape index (κ2) is 10.1. The summed E-state index contributed by atoms with van der Waals surface area (Å²) in [6.45, 7) is 17.2. The lowest BCUT2D eigenvalue weighted by Crippen LogP contribution is -2.47. The Bertz CT molecular complexity index is 970. The van der Waals surface area contributed by atoms with Crippen LogP contribution in [0, 0.1) is 13.8 Å². The zero-order chi connectivity index (χ0) is 22.5. The summed E-state index contributed by atoms with van der Waals surface area (Å²) in [7, 11) is 2.17. The molecule has 6 heteroatoms. The molecule has 0 spiro atoms. The molecule has 2 aromatic rings. The van der Waals surface area contributed by atoms with E-state index in [4.69, 9.17) is 15.7 Å². The largest absolute Gasteiger partial charge is 0.384 e. The third-order valence-corrected chi connectivity index (χ3v) is 6.09. The Hall–Kier alpha value is -2.73. The number of aromatic nitrogens is 1. The first kappa shape index (κ1) is 22.9. The fraction of sp³-hybridized carbons (Fsp3) is 0.480. The van der Waals surface area contributed by atoms with E-state index in [2.05, 4.69) is 68.4 Å². The maximum atomic E-state index is 6.11. The highest BCUT2D eigenvalue weighted by molar-refractivity contribution is 6.04. The van der Waals surface area contributed by atoms with Gasteiger partial charge in [-0.3, -0.25) is 9.98 Å². The summed E-state index contributed by atoms with van der Waals surface area (Å²) in [4.78, 5) is 18.9. The summed E-state index contributed by atoms with van der Waals surface area (Å²) >= 11 is 0. The second-order valence-corrected chi connectivity index (χ2v) is 8.33. The van der Waals surface area contributed by atoms with Crippen molar-refractivity contribution in [2.24, 2.45) is 9.98 Å². The first-order valence-electron chi connectivity index (χ1n) is 11.3. The molecular weight excluding hydrogens is 384 g/mol. The van der Waals surface area contributed by atoms with Gasteiger partial charge in [0.15, 0.2) is 0 Å². The number of hydrogen-bond acceptors (Lipinski definition) is 5. The summed E-state index contributed by atoms with van der Waals surface area (Å²) in [5, 5.41) is 0. The molecule has 2 N–H and O–H groups in total. The van der Waals surface area contributed by atoms with E-state index in [9.17, 15) is 0 Å². The molecule has 0 aliphatic carbocycles. The average molecular weight is 421 g/mol. The van der Waals surface area contributed by atoms with E-state index < -0.39 is 0 Å². The highest BCUT2D eigenvalue weighted by Gasteiger charge is 2.23. The number of rotatable bonds is 6. The van der Waals surface area contributed by atoms with Crippen LogP contribution in [0.25, 0.3) is 11.3 Å². The molecule has 0 amide bonds. The van der Waals surface area contributed by atoms with E-state index in [0.29, 0.717) is 5.82 Å². The van der Waals surface area contributed by atoms with Gasteiger partial charge in [-0.05, 0) is 69.3 Å². The Morgan fingerprint density at radius 3 is 2.48 bits per heavy atom. The molecule has 0 saturated carbocycles. The van der Waals surface area contributed by atoms with Gasteiger partial charge in [0, 0.05) is 43.9 Å². The number of benzene rings is 1. The zero-order valence-corrected chi connectivity index (χ0v) is 19.7. The van der Waals surface area contributed by atoms with Crippen molar-refractivity contribution in [1.29, 1.82) is 0 Å². The number of aryl methyl sites for hydroxylation is 1. The van der Waals surface area contributed by atoms with Crippen molar-refractivity contribution in [3.05, 3.63) is 40.5 Å². The van der Waals surface area contributed by atoms with Gasteiger partial charge in [-0.15, -0.1) is 0 Å². The quantitative estimate of drug-likeness (QED) is 0.560. The molecule has 1 aliphatic heterocycles. The highest BCUT2D eigenvalue weighted by atomic mass is 15.3. The van der Waals surface area contributed by atoms with Gasteiger partial charge in [0.1, 0.15) is 11.7 Å². The number of pyridine rings is 1. The van der Waals surface area contributed by atoms with Crippen LogP contribution in [-0.2, 0) is 6.42 Å². The van der Waals surface area contributed by atoms with E-state index in [1.807, 2.05) is 6.07 Å². The number of likely N-dealkylation sites (N-methyl/N-ethyl adjacent to an activating group) is 1. The minimum absolute atomic E-state index is 0.545. The topological polar surface area (TPSA) is 70.1 Å². The molecule has 1 fully saturated rings. The van der Waals surface area contributed by atoms with Gasteiger partial charge in [0.25, 0.3) is 0 Å². The van der Waals surface area contributed by atoms with Crippen molar-refractivity contribution in [3.8, 4) is 11.3 Å². The van der Waals surface area contributed by atoms with E-state index >= 15 is 0 Å². The van der Waals surface area contributed by atoms with Crippen molar-refractivity contribution >= 4 is 24.1 Å². The molecule has 1 aliphatic rings. The molecule has 3 rings (SSSR count). The fourth-order valence-electron chi connectivity index (χ4n) is 4.33. The maximum Gasteiger partial charge on any atom is 0.133 e. The standard InChI is InChI=1S/C25H36N6/c1-7-11-28-25(31-14-12-30(6)13-15-31)21-10-9-20(18(4)23(21)27-5)24-19(8-2)17(3)16-22(26)29-24/h9-10,16H,5,7-8,11-15H2,1-4,6H3,(H2,26,29)/b28-25+. The minimum Gasteiger partial charge on any atom is -0.384 e. The molecule has 2 heterocycles. The molecule has 1 saturated heterocycles. The summed E-state index contributed by atoms with van der Waals surface area (Å²) in [5.74, 6) is 1.57. The van der Waals surface area contributed by atoms with Gasteiger partial charge < -0.3 is 15.5 Å². The summed E-state index contributed by atoms with van der Waals surface area (Å²) in [5.41, 5.74) is 13.5. The van der Waals surface area contributed by atoms with E-state index in [1.165, 1.54) is 11.1 Å². The van der Waals surface area contributed by atoms with Crippen molar-refractivity contribution in [1.82, 2.24) is 14.8 Å². The van der Waals surface area contributed by atoms with Gasteiger partial charge in [-0.2, -0.15) is 0 Å². The number of amidine groups is 1. The molecule has 1 aromatic heterocycles.